The van der Waals surface area contributed by atoms with Crippen molar-refractivity contribution in [3.8, 4) is 0 Å². The van der Waals surface area contributed by atoms with Gasteiger partial charge in [-0.15, -0.1) is 12.4 Å². The van der Waals surface area contributed by atoms with Crippen LogP contribution < -0.4 is 5.73 Å². The molecule has 150 valence electrons. The van der Waals surface area contributed by atoms with Gasteiger partial charge in [-0.25, -0.2) is 18.0 Å². The number of nitrogens with two attached hydrogens (primary N) is 1. The van der Waals surface area contributed by atoms with Gasteiger partial charge in [0.05, 0.1) is 17.3 Å². The van der Waals surface area contributed by atoms with Crippen molar-refractivity contribution in [1.82, 2.24) is 4.90 Å². The molecule has 0 saturated carbocycles. The maximum atomic E-state index is 12.7. The molecule has 0 spiro atoms. The standard InChI is InChI=1S/C14H22N2O8S.ClH/c1-5-22-13(19)24-7(2)23-12(18)9-14(3,4)25(20,21)11-8(6-15)10(17)16(9)11;/h7-9,11H,5-6,15H2,1-4H3;1H/t7-,8+,9+,11-;/m1./s1. The maximum Gasteiger partial charge on any atom is 0.511 e. The molecule has 2 aliphatic rings. The van der Waals surface area contributed by atoms with Gasteiger partial charge in [-0.2, -0.15) is 0 Å². The molecule has 0 aromatic carbocycles. The number of esters is 1. The smallest absolute Gasteiger partial charge is 0.435 e. The first kappa shape index (κ1) is 22.5. The first-order valence-corrected chi connectivity index (χ1v) is 9.34. The zero-order chi connectivity index (χ0) is 19.2. The second kappa shape index (κ2) is 7.57. The van der Waals surface area contributed by atoms with Crippen LogP contribution in [0.5, 0.6) is 0 Å². The van der Waals surface area contributed by atoms with Gasteiger partial charge in [0.15, 0.2) is 9.84 Å². The molecule has 26 heavy (non-hydrogen) atoms. The average Bonchev–Trinajstić information content (AvgIpc) is 2.62. The molecule has 2 rings (SSSR count). The van der Waals surface area contributed by atoms with Gasteiger partial charge in [-0.05, 0) is 20.8 Å². The van der Waals surface area contributed by atoms with Gasteiger partial charge in [0.2, 0.25) is 12.2 Å². The molecule has 10 nitrogen and oxygen atoms in total. The Balaban J connectivity index is 0.00000338. The van der Waals surface area contributed by atoms with Crippen LogP contribution in [0.15, 0.2) is 0 Å². The van der Waals surface area contributed by atoms with Crippen molar-refractivity contribution in [2.45, 2.75) is 50.1 Å². The lowest BCUT2D eigenvalue weighted by atomic mass is 9.92. The summed E-state index contributed by atoms with van der Waals surface area (Å²) >= 11 is 0. The van der Waals surface area contributed by atoms with E-state index in [2.05, 4.69) is 4.74 Å². The van der Waals surface area contributed by atoms with Gasteiger partial charge < -0.3 is 24.8 Å². The minimum Gasteiger partial charge on any atom is -0.435 e. The van der Waals surface area contributed by atoms with Crippen molar-refractivity contribution in [3.05, 3.63) is 0 Å². The zero-order valence-corrected chi connectivity index (χ0v) is 16.5. The Morgan fingerprint density at radius 2 is 1.88 bits per heavy atom. The van der Waals surface area contributed by atoms with E-state index in [4.69, 9.17) is 15.2 Å². The Hall–Kier alpha value is -1.59. The van der Waals surface area contributed by atoms with Crippen LogP contribution in [0.4, 0.5) is 4.79 Å². The number of fused-ring (bicyclic) bond motifs is 1. The summed E-state index contributed by atoms with van der Waals surface area (Å²) in [6, 6.07) is -1.34. The van der Waals surface area contributed by atoms with Crippen LogP contribution in [0.3, 0.4) is 0 Å². The molecule has 4 atom stereocenters. The largest absolute Gasteiger partial charge is 0.511 e. The van der Waals surface area contributed by atoms with E-state index >= 15 is 0 Å². The van der Waals surface area contributed by atoms with E-state index in [1.807, 2.05) is 0 Å². The minimum atomic E-state index is -3.83. The highest BCUT2D eigenvalue weighted by Gasteiger charge is 2.72. The monoisotopic (exact) mass is 414 g/mol. The van der Waals surface area contributed by atoms with Crippen molar-refractivity contribution in [3.63, 3.8) is 0 Å². The van der Waals surface area contributed by atoms with Gasteiger partial charge in [0.1, 0.15) is 11.4 Å². The number of sulfone groups is 1. The Labute approximate surface area is 157 Å². The Bertz CT molecular complexity index is 695. The summed E-state index contributed by atoms with van der Waals surface area (Å²) in [5, 5.41) is -1.14. The van der Waals surface area contributed by atoms with Crippen LogP contribution in [0.25, 0.3) is 0 Å². The van der Waals surface area contributed by atoms with Crippen LogP contribution in [0.1, 0.15) is 27.7 Å². The fourth-order valence-corrected chi connectivity index (χ4v) is 5.47. The molecule has 2 saturated heterocycles. The third kappa shape index (κ3) is 3.23. The van der Waals surface area contributed by atoms with E-state index in [9.17, 15) is 22.8 Å². The predicted octanol–water partition coefficient (Wildman–Crippen LogP) is -0.211. The molecular formula is C14H23ClN2O8S. The second-order valence-corrected chi connectivity index (χ2v) is 8.96. The second-order valence-electron chi connectivity index (χ2n) is 6.33. The molecule has 1 amide bonds. The predicted molar refractivity (Wildman–Crippen MR) is 90.9 cm³/mol. The summed E-state index contributed by atoms with van der Waals surface area (Å²) in [6.07, 6.45) is -2.33. The van der Waals surface area contributed by atoms with Crippen LogP contribution in [0.2, 0.25) is 0 Å². The van der Waals surface area contributed by atoms with Gasteiger partial charge in [-0.3, -0.25) is 4.79 Å². The van der Waals surface area contributed by atoms with E-state index in [-0.39, 0.29) is 25.6 Å². The third-order valence-corrected chi connectivity index (χ3v) is 7.34. The lowest BCUT2D eigenvalue weighted by Gasteiger charge is -2.42. The number of ether oxygens (including phenoxy) is 3. The molecule has 0 bridgehead atoms. The van der Waals surface area contributed by atoms with Crippen molar-refractivity contribution in [2.24, 2.45) is 11.7 Å². The highest BCUT2D eigenvalue weighted by Crippen LogP contribution is 2.48. The highest BCUT2D eigenvalue weighted by molar-refractivity contribution is 7.93. The zero-order valence-electron chi connectivity index (χ0n) is 14.8. The lowest BCUT2D eigenvalue weighted by molar-refractivity contribution is -0.181. The normalized spacial score (nSPS) is 28.9. The fourth-order valence-electron chi connectivity index (χ4n) is 3.15. The van der Waals surface area contributed by atoms with Crippen LogP contribution in [0, 0.1) is 5.92 Å². The first-order valence-electron chi connectivity index (χ1n) is 7.80. The number of hydrogen-bond acceptors (Lipinski definition) is 9. The number of amides is 1. The highest BCUT2D eigenvalue weighted by atomic mass is 35.5. The SMILES string of the molecule is CCOC(=O)O[C@H](C)OC(=O)[C@@H]1N2C(=O)[C@H](CN)[C@H]2S(=O)(=O)C1(C)C.Cl. The molecular weight excluding hydrogens is 392 g/mol. The lowest BCUT2D eigenvalue weighted by Crippen LogP contribution is -2.65. The van der Waals surface area contributed by atoms with Gasteiger partial charge in [-0.1, -0.05) is 0 Å². The third-order valence-electron chi connectivity index (χ3n) is 4.46. The number of carbonyl (C=O) groups excluding carboxylic acids is 3. The van der Waals surface area contributed by atoms with E-state index in [1.165, 1.54) is 20.8 Å². The van der Waals surface area contributed by atoms with Crippen molar-refractivity contribution in [2.75, 3.05) is 13.2 Å². The van der Waals surface area contributed by atoms with Crippen LogP contribution >= 0.6 is 12.4 Å². The van der Waals surface area contributed by atoms with E-state index < -0.39 is 56.2 Å². The minimum absolute atomic E-state index is 0. The molecule has 12 heteroatoms. The summed E-state index contributed by atoms with van der Waals surface area (Å²) in [7, 11) is -3.83. The quantitative estimate of drug-likeness (QED) is 0.367. The number of carbonyl (C=O) groups is 3. The van der Waals surface area contributed by atoms with Crippen LogP contribution in [-0.4, -0.2) is 67.0 Å². The van der Waals surface area contributed by atoms with Crippen molar-refractivity contribution >= 4 is 40.3 Å². The Kier molecular flexibility index (Phi) is 6.54. The van der Waals surface area contributed by atoms with E-state index in [0.717, 1.165) is 4.90 Å². The average molecular weight is 415 g/mol. The summed E-state index contributed by atoms with van der Waals surface area (Å²) in [5.41, 5.74) is 5.48. The molecule has 0 radical (unpaired) electrons. The Morgan fingerprint density at radius 3 is 2.38 bits per heavy atom. The molecule has 2 heterocycles. The molecule has 2 aliphatic heterocycles. The van der Waals surface area contributed by atoms with Crippen LogP contribution in [-0.2, 0) is 33.6 Å². The topological polar surface area (TPSA) is 142 Å². The first-order chi connectivity index (χ1) is 11.5. The number of β-lactam (4-membered cyclic amide) rings is 1. The molecule has 0 aromatic rings. The van der Waals surface area contributed by atoms with Crippen molar-refractivity contribution < 1.29 is 37.0 Å². The van der Waals surface area contributed by atoms with Gasteiger partial charge >= 0.3 is 12.1 Å². The fraction of sp³-hybridized carbons (Fsp3) is 0.786. The maximum absolute atomic E-state index is 12.7. The summed E-state index contributed by atoms with van der Waals surface area (Å²) in [4.78, 5) is 36.9. The molecule has 0 aliphatic carbocycles. The van der Waals surface area contributed by atoms with Gasteiger partial charge in [0.25, 0.3) is 0 Å². The Morgan fingerprint density at radius 1 is 1.31 bits per heavy atom. The molecule has 2 fully saturated rings. The van der Waals surface area contributed by atoms with Gasteiger partial charge in [0, 0.05) is 13.5 Å². The number of nitrogens with zero attached hydrogens (tertiary/aromatic N) is 1. The number of halogens is 1. The number of hydrogen-bond donors (Lipinski definition) is 1. The molecule has 0 unspecified atom stereocenters. The summed E-state index contributed by atoms with van der Waals surface area (Å²) < 4.78 is 38.1. The summed E-state index contributed by atoms with van der Waals surface area (Å²) in [5.74, 6) is -2.35. The molecule has 2 N–H and O–H groups in total. The number of rotatable bonds is 5. The van der Waals surface area contributed by atoms with Crippen molar-refractivity contribution in [1.29, 1.82) is 0 Å². The molecule has 0 aromatic heterocycles. The van der Waals surface area contributed by atoms with E-state index in [0.29, 0.717) is 0 Å². The summed E-state index contributed by atoms with van der Waals surface area (Å²) in [6.45, 7) is 5.52. The van der Waals surface area contributed by atoms with E-state index in [1.54, 1.807) is 6.92 Å².